The minimum absolute atomic E-state index is 0.160. The Hall–Kier alpha value is -1.95. The van der Waals surface area contributed by atoms with E-state index in [1.807, 2.05) is 37.1 Å². The summed E-state index contributed by atoms with van der Waals surface area (Å²) in [5, 5.41) is 3.77. The minimum Gasteiger partial charge on any atom is -0.493 e. The van der Waals surface area contributed by atoms with Gasteiger partial charge in [0.25, 0.3) is 0 Å². The lowest BCUT2D eigenvalue weighted by molar-refractivity contribution is -0.120. The summed E-state index contributed by atoms with van der Waals surface area (Å²) in [4.78, 5) is 14.5. The molecule has 5 nitrogen and oxygen atoms in total. The number of amides is 1. The van der Waals surface area contributed by atoms with Gasteiger partial charge in [-0.25, -0.2) is 0 Å². The van der Waals surface area contributed by atoms with Crippen molar-refractivity contribution in [1.82, 2.24) is 4.90 Å². The van der Waals surface area contributed by atoms with Crippen LogP contribution in [0.15, 0.2) is 36.4 Å². The standard InChI is InChI=1S/C19H22Cl2N2O3/c1-12(19(24)22-16-9-14(20)8-15(21)10-16)23(2)11-13-6-5-7-17(25-3)18(13)26-4/h5-10,12H,11H2,1-4H3,(H,22,24)/t12-/m0/s1. The van der Waals surface area contributed by atoms with Crippen LogP contribution in [0.5, 0.6) is 11.5 Å². The van der Waals surface area contributed by atoms with Crippen molar-refractivity contribution in [3.05, 3.63) is 52.0 Å². The molecule has 1 N–H and O–H groups in total. The number of benzene rings is 2. The summed E-state index contributed by atoms with van der Waals surface area (Å²) in [5.41, 5.74) is 1.49. The number of hydrogen-bond donors (Lipinski definition) is 1. The van der Waals surface area contributed by atoms with Crippen LogP contribution in [-0.4, -0.2) is 38.1 Å². The molecular weight excluding hydrogens is 375 g/mol. The van der Waals surface area contributed by atoms with Gasteiger partial charge in [-0.1, -0.05) is 35.3 Å². The van der Waals surface area contributed by atoms with Crippen molar-refractivity contribution in [2.45, 2.75) is 19.5 Å². The van der Waals surface area contributed by atoms with Crippen molar-refractivity contribution < 1.29 is 14.3 Å². The van der Waals surface area contributed by atoms with Gasteiger partial charge in [-0.05, 0) is 38.2 Å². The first-order valence-electron chi connectivity index (χ1n) is 8.02. The van der Waals surface area contributed by atoms with Crippen molar-refractivity contribution in [2.75, 3.05) is 26.6 Å². The maximum Gasteiger partial charge on any atom is 0.241 e. The highest BCUT2D eigenvalue weighted by molar-refractivity contribution is 6.35. The Bertz CT molecular complexity index is 763. The largest absolute Gasteiger partial charge is 0.493 e. The van der Waals surface area contributed by atoms with Gasteiger partial charge < -0.3 is 14.8 Å². The summed E-state index contributed by atoms with van der Waals surface area (Å²) >= 11 is 11.9. The molecule has 0 aliphatic rings. The predicted molar refractivity (Wildman–Crippen MR) is 106 cm³/mol. The van der Waals surface area contributed by atoms with Crippen LogP contribution in [-0.2, 0) is 11.3 Å². The predicted octanol–water partition coefficient (Wildman–Crippen LogP) is 4.47. The van der Waals surface area contributed by atoms with Crippen LogP contribution < -0.4 is 14.8 Å². The van der Waals surface area contributed by atoms with Crippen molar-refractivity contribution >= 4 is 34.8 Å². The molecule has 0 heterocycles. The van der Waals surface area contributed by atoms with Crippen LogP contribution >= 0.6 is 23.2 Å². The number of rotatable bonds is 7. The highest BCUT2D eigenvalue weighted by atomic mass is 35.5. The number of halogens is 2. The van der Waals surface area contributed by atoms with E-state index in [0.717, 1.165) is 5.56 Å². The fraction of sp³-hybridized carbons (Fsp3) is 0.316. The minimum atomic E-state index is -0.385. The summed E-state index contributed by atoms with van der Waals surface area (Å²) in [6.45, 7) is 2.35. The summed E-state index contributed by atoms with van der Waals surface area (Å²) in [6.07, 6.45) is 0. The molecule has 26 heavy (non-hydrogen) atoms. The third-order valence-electron chi connectivity index (χ3n) is 4.07. The smallest absolute Gasteiger partial charge is 0.241 e. The van der Waals surface area contributed by atoms with Crippen LogP contribution in [0.3, 0.4) is 0 Å². The molecule has 2 aromatic rings. The summed E-state index contributed by atoms with van der Waals surface area (Å²) in [5.74, 6) is 1.16. The number of nitrogens with zero attached hydrogens (tertiary/aromatic N) is 1. The van der Waals surface area contributed by atoms with E-state index in [2.05, 4.69) is 5.32 Å². The first kappa shape index (κ1) is 20.4. The Balaban J connectivity index is 2.09. The first-order valence-corrected chi connectivity index (χ1v) is 8.78. The van der Waals surface area contributed by atoms with Crippen LogP contribution in [0.2, 0.25) is 10.0 Å². The van der Waals surface area contributed by atoms with Gasteiger partial charge in [0.15, 0.2) is 11.5 Å². The van der Waals surface area contributed by atoms with Gasteiger partial charge in [-0.15, -0.1) is 0 Å². The van der Waals surface area contributed by atoms with E-state index in [1.54, 1.807) is 32.4 Å². The molecule has 2 aromatic carbocycles. The van der Waals surface area contributed by atoms with Gasteiger partial charge in [0.05, 0.1) is 20.3 Å². The Morgan fingerprint density at radius 1 is 1.15 bits per heavy atom. The summed E-state index contributed by atoms with van der Waals surface area (Å²) < 4.78 is 10.8. The molecule has 0 aliphatic carbocycles. The number of anilines is 1. The Morgan fingerprint density at radius 3 is 2.38 bits per heavy atom. The van der Waals surface area contributed by atoms with Gasteiger partial charge >= 0.3 is 0 Å². The number of likely N-dealkylation sites (N-methyl/N-ethyl adjacent to an activating group) is 1. The number of methoxy groups -OCH3 is 2. The average molecular weight is 397 g/mol. The average Bonchev–Trinajstić information content (AvgIpc) is 2.59. The number of carbonyl (C=O) groups excluding carboxylic acids is 1. The SMILES string of the molecule is COc1cccc(CN(C)[C@@H](C)C(=O)Nc2cc(Cl)cc(Cl)c2)c1OC. The lowest BCUT2D eigenvalue weighted by Crippen LogP contribution is -2.39. The zero-order chi connectivity index (χ0) is 19.3. The van der Waals surface area contributed by atoms with Gasteiger partial charge in [-0.3, -0.25) is 9.69 Å². The van der Waals surface area contributed by atoms with E-state index >= 15 is 0 Å². The molecule has 0 saturated heterocycles. The first-order chi connectivity index (χ1) is 12.3. The highest BCUT2D eigenvalue weighted by Crippen LogP contribution is 2.31. The molecule has 0 fully saturated rings. The molecule has 7 heteroatoms. The second-order valence-corrected chi connectivity index (χ2v) is 6.76. The fourth-order valence-electron chi connectivity index (χ4n) is 2.56. The van der Waals surface area contributed by atoms with Crippen molar-refractivity contribution in [3.8, 4) is 11.5 Å². The summed E-state index contributed by atoms with van der Waals surface area (Å²) in [6, 6.07) is 10.2. The lowest BCUT2D eigenvalue weighted by Gasteiger charge is -2.25. The number of carbonyl (C=O) groups is 1. The third-order valence-corrected chi connectivity index (χ3v) is 4.51. The second-order valence-electron chi connectivity index (χ2n) is 5.89. The van der Waals surface area contributed by atoms with Crippen LogP contribution in [0.1, 0.15) is 12.5 Å². The monoisotopic (exact) mass is 396 g/mol. The van der Waals surface area contributed by atoms with E-state index < -0.39 is 0 Å². The van der Waals surface area contributed by atoms with E-state index in [1.165, 1.54) is 0 Å². The van der Waals surface area contributed by atoms with E-state index in [0.29, 0.717) is 33.8 Å². The topological polar surface area (TPSA) is 50.8 Å². The van der Waals surface area contributed by atoms with E-state index in [4.69, 9.17) is 32.7 Å². The molecule has 0 unspecified atom stereocenters. The Morgan fingerprint density at radius 2 is 1.81 bits per heavy atom. The van der Waals surface area contributed by atoms with Crippen LogP contribution in [0, 0.1) is 0 Å². The van der Waals surface area contributed by atoms with Crippen molar-refractivity contribution in [2.24, 2.45) is 0 Å². The zero-order valence-electron chi connectivity index (χ0n) is 15.2. The van der Waals surface area contributed by atoms with Crippen LogP contribution in [0.4, 0.5) is 5.69 Å². The second kappa shape index (κ2) is 9.12. The Labute approximate surface area is 163 Å². The number of para-hydroxylation sites is 1. The highest BCUT2D eigenvalue weighted by Gasteiger charge is 2.20. The Kier molecular flexibility index (Phi) is 7.14. The molecule has 0 bridgehead atoms. The molecule has 0 aromatic heterocycles. The van der Waals surface area contributed by atoms with Gasteiger partial charge in [0, 0.05) is 27.8 Å². The number of ether oxygens (including phenoxy) is 2. The molecule has 1 amide bonds. The maximum atomic E-state index is 12.5. The zero-order valence-corrected chi connectivity index (χ0v) is 16.7. The van der Waals surface area contributed by atoms with E-state index in [9.17, 15) is 4.79 Å². The molecule has 2 rings (SSSR count). The quantitative estimate of drug-likeness (QED) is 0.749. The normalized spacial score (nSPS) is 12.0. The van der Waals surface area contributed by atoms with Crippen molar-refractivity contribution in [3.63, 3.8) is 0 Å². The maximum absolute atomic E-state index is 12.5. The molecule has 0 saturated carbocycles. The molecule has 1 atom stereocenters. The van der Waals surface area contributed by atoms with Crippen molar-refractivity contribution in [1.29, 1.82) is 0 Å². The van der Waals surface area contributed by atoms with E-state index in [-0.39, 0.29) is 11.9 Å². The summed E-state index contributed by atoms with van der Waals surface area (Å²) in [7, 11) is 5.06. The van der Waals surface area contributed by atoms with Gasteiger partial charge in [-0.2, -0.15) is 0 Å². The van der Waals surface area contributed by atoms with Gasteiger partial charge in [0.1, 0.15) is 0 Å². The lowest BCUT2D eigenvalue weighted by atomic mass is 10.1. The van der Waals surface area contributed by atoms with Gasteiger partial charge in [0.2, 0.25) is 5.91 Å². The fourth-order valence-corrected chi connectivity index (χ4v) is 3.08. The number of hydrogen-bond acceptors (Lipinski definition) is 4. The number of nitrogens with one attached hydrogen (secondary N) is 1. The molecule has 0 spiro atoms. The molecular formula is C19H22Cl2N2O3. The molecule has 0 aliphatic heterocycles. The molecule has 0 radical (unpaired) electrons. The molecule has 140 valence electrons. The third kappa shape index (κ3) is 5.04. The van der Waals surface area contributed by atoms with Crippen LogP contribution in [0.25, 0.3) is 0 Å².